The lowest BCUT2D eigenvalue weighted by atomic mass is 10.0. The van der Waals surface area contributed by atoms with Gasteiger partial charge < -0.3 is 4.74 Å². The Kier molecular flexibility index (Phi) is 5.33. The van der Waals surface area contributed by atoms with Crippen LogP contribution in [-0.2, 0) is 0 Å². The van der Waals surface area contributed by atoms with E-state index in [1.165, 1.54) is 0 Å². The van der Waals surface area contributed by atoms with Gasteiger partial charge in [-0.05, 0) is 62.1 Å². The molecule has 0 aliphatic rings. The zero-order valence-electron chi connectivity index (χ0n) is 13.6. The molecular weight excluding hydrogens is 374 g/mol. The normalized spacial score (nSPS) is 11.1. The fraction of sp³-hybridized carbons (Fsp3) is 0.0455. The Bertz CT molecular complexity index is 998. The second-order valence-corrected chi connectivity index (χ2v) is 6.38. The van der Waals surface area contributed by atoms with Gasteiger partial charge in [-0.1, -0.05) is 55.1 Å². The molecule has 0 aliphatic carbocycles. The highest BCUT2D eigenvalue weighted by Gasteiger charge is 2.05. The fourth-order valence-electron chi connectivity index (χ4n) is 2.58. The maximum absolute atomic E-state index is 9.59. The molecule has 0 aromatic heterocycles. The van der Waals surface area contributed by atoms with Gasteiger partial charge >= 0.3 is 0 Å². The molecule has 0 bridgehead atoms. The molecule has 0 saturated carbocycles. The Hall–Kier alpha value is -2.83. The van der Waals surface area contributed by atoms with Crippen LogP contribution in [0.15, 0.2) is 77.8 Å². The molecule has 0 spiro atoms. The molecule has 0 fully saturated rings. The molecule has 0 unspecified atom stereocenters. The number of rotatable bonds is 5. The van der Waals surface area contributed by atoms with Gasteiger partial charge in [0, 0.05) is 0 Å². The monoisotopic (exact) mass is 389 g/mol. The lowest BCUT2D eigenvalue weighted by Gasteiger charge is -2.07. The van der Waals surface area contributed by atoms with Crippen molar-refractivity contribution in [2.75, 3.05) is 6.61 Å². The van der Waals surface area contributed by atoms with E-state index in [2.05, 4.69) is 40.7 Å². The smallest absolute Gasteiger partial charge is 0.133 e. The van der Waals surface area contributed by atoms with Gasteiger partial charge in [0.05, 0.1) is 16.1 Å². The summed E-state index contributed by atoms with van der Waals surface area (Å²) >= 11 is 3.51. The van der Waals surface area contributed by atoms with Crippen molar-refractivity contribution < 1.29 is 4.74 Å². The summed E-state index contributed by atoms with van der Waals surface area (Å²) in [5.41, 5.74) is 2.46. The molecule has 3 aromatic carbocycles. The van der Waals surface area contributed by atoms with E-state index in [0.717, 1.165) is 32.1 Å². The Labute approximate surface area is 155 Å². The van der Waals surface area contributed by atoms with Gasteiger partial charge in [0.2, 0.25) is 0 Å². The van der Waals surface area contributed by atoms with Gasteiger partial charge in [-0.15, -0.1) is 0 Å². The number of hydrogen-bond donors (Lipinski definition) is 0. The average molecular weight is 390 g/mol. The summed E-state index contributed by atoms with van der Waals surface area (Å²) in [4.78, 5) is 0. The summed E-state index contributed by atoms with van der Waals surface area (Å²) in [5, 5.41) is 11.9. The minimum absolute atomic E-state index is 0.453. The minimum Gasteiger partial charge on any atom is -0.488 e. The zero-order valence-corrected chi connectivity index (χ0v) is 15.2. The summed E-state index contributed by atoms with van der Waals surface area (Å²) in [6.07, 6.45) is 3.58. The summed E-state index contributed by atoms with van der Waals surface area (Å²) in [5.74, 6) is 0.751. The Balaban J connectivity index is 1.95. The van der Waals surface area contributed by atoms with Gasteiger partial charge in [0.15, 0.2) is 0 Å². The third-order valence-corrected chi connectivity index (χ3v) is 4.42. The van der Waals surface area contributed by atoms with Gasteiger partial charge in [-0.3, -0.25) is 0 Å². The number of ether oxygens (including phenoxy) is 1. The van der Waals surface area contributed by atoms with Crippen molar-refractivity contribution in [3.8, 4) is 11.8 Å². The molecule has 0 saturated heterocycles. The molecule has 0 heterocycles. The summed E-state index contributed by atoms with van der Waals surface area (Å²) in [6, 6.07) is 22.2. The van der Waals surface area contributed by atoms with Crippen LogP contribution in [-0.4, -0.2) is 6.61 Å². The van der Waals surface area contributed by atoms with E-state index in [1.54, 1.807) is 6.08 Å². The molecule has 0 radical (unpaired) electrons. The Morgan fingerprint density at radius 3 is 2.60 bits per heavy atom. The quantitative estimate of drug-likeness (QED) is 0.294. The molecule has 0 N–H and O–H groups in total. The van der Waals surface area contributed by atoms with Crippen molar-refractivity contribution in [2.24, 2.45) is 0 Å². The third kappa shape index (κ3) is 3.99. The van der Waals surface area contributed by atoms with E-state index in [4.69, 9.17) is 4.74 Å². The zero-order chi connectivity index (χ0) is 17.6. The van der Waals surface area contributed by atoms with E-state index < -0.39 is 0 Å². The highest BCUT2D eigenvalue weighted by molar-refractivity contribution is 9.10. The maximum atomic E-state index is 9.59. The van der Waals surface area contributed by atoms with E-state index in [9.17, 15) is 5.26 Å². The summed E-state index contributed by atoms with van der Waals surface area (Å²) in [7, 11) is 0. The van der Waals surface area contributed by atoms with E-state index >= 15 is 0 Å². The van der Waals surface area contributed by atoms with Crippen molar-refractivity contribution >= 4 is 38.4 Å². The van der Waals surface area contributed by atoms with Crippen molar-refractivity contribution in [3.05, 3.63) is 88.9 Å². The van der Waals surface area contributed by atoms with Crippen molar-refractivity contribution in [1.82, 2.24) is 0 Å². The molecule has 3 aromatic rings. The first kappa shape index (κ1) is 17.0. The average Bonchev–Trinajstić information content (AvgIpc) is 2.65. The van der Waals surface area contributed by atoms with Gasteiger partial charge in [-0.25, -0.2) is 0 Å². The Morgan fingerprint density at radius 2 is 1.88 bits per heavy atom. The number of halogens is 1. The van der Waals surface area contributed by atoms with Gasteiger partial charge in [0.25, 0.3) is 0 Å². The van der Waals surface area contributed by atoms with E-state index in [-0.39, 0.29) is 0 Å². The lowest BCUT2D eigenvalue weighted by molar-refractivity contribution is 0.361. The SMILES string of the molecule is C=CCOc1ccc(/C=C(/C#N)c2ccc3ccccc3c2)cc1Br. The highest BCUT2D eigenvalue weighted by Crippen LogP contribution is 2.28. The summed E-state index contributed by atoms with van der Waals surface area (Å²) < 4.78 is 6.40. The number of nitriles is 1. The van der Waals surface area contributed by atoms with E-state index in [0.29, 0.717) is 12.2 Å². The van der Waals surface area contributed by atoms with Crippen LogP contribution in [0.3, 0.4) is 0 Å². The minimum atomic E-state index is 0.453. The number of nitrogens with zero attached hydrogens (tertiary/aromatic N) is 1. The highest BCUT2D eigenvalue weighted by atomic mass is 79.9. The molecule has 0 atom stereocenters. The summed E-state index contributed by atoms with van der Waals surface area (Å²) in [6.45, 7) is 4.10. The predicted molar refractivity (Wildman–Crippen MR) is 107 cm³/mol. The molecule has 3 rings (SSSR count). The second kappa shape index (κ2) is 7.83. The second-order valence-electron chi connectivity index (χ2n) is 5.52. The van der Waals surface area contributed by atoms with Crippen LogP contribution in [0.25, 0.3) is 22.4 Å². The van der Waals surface area contributed by atoms with Crippen LogP contribution < -0.4 is 4.74 Å². The first-order chi connectivity index (χ1) is 12.2. The van der Waals surface area contributed by atoms with Crippen LogP contribution in [0.2, 0.25) is 0 Å². The van der Waals surface area contributed by atoms with Crippen LogP contribution in [0.5, 0.6) is 5.75 Å². The number of hydrogen-bond acceptors (Lipinski definition) is 2. The third-order valence-electron chi connectivity index (χ3n) is 3.80. The van der Waals surface area contributed by atoms with Crippen molar-refractivity contribution in [2.45, 2.75) is 0 Å². The Morgan fingerprint density at radius 1 is 1.08 bits per heavy atom. The fourth-order valence-corrected chi connectivity index (χ4v) is 3.09. The number of allylic oxidation sites excluding steroid dienone is 1. The topological polar surface area (TPSA) is 33.0 Å². The van der Waals surface area contributed by atoms with Crippen molar-refractivity contribution in [1.29, 1.82) is 5.26 Å². The first-order valence-corrected chi connectivity index (χ1v) is 8.65. The predicted octanol–water partition coefficient (Wildman–Crippen LogP) is 6.23. The molecule has 0 amide bonds. The molecular formula is C22H16BrNO. The molecule has 25 heavy (non-hydrogen) atoms. The maximum Gasteiger partial charge on any atom is 0.133 e. The molecule has 2 nitrogen and oxygen atoms in total. The van der Waals surface area contributed by atoms with Crippen molar-refractivity contribution in [3.63, 3.8) is 0 Å². The van der Waals surface area contributed by atoms with Gasteiger partial charge in [0.1, 0.15) is 12.4 Å². The largest absolute Gasteiger partial charge is 0.488 e. The number of benzene rings is 3. The van der Waals surface area contributed by atoms with Crippen LogP contribution in [0, 0.1) is 11.3 Å². The lowest BCUT2D eigenvalue weighted by Crippen LogP contribution is -1.93. The van der Waals surface area contributed by atoms with E-state index in [1.807, 2.05) is 54.6 Å². The molecule has 0 aliphatic heterocycles. The number of fused-ring (bicyclic) bond motifs is 1. The van der Waals surface area contributed by atoms with Crippen LogP contribution in [0.1, 0.15) is 11.1 Å². The van der Waals surface area contributed by atoms with Crippen LogP contribution >= 0.6 is 15.9 Å². The van der Waals surface area contributed by atoms with Crippen LogP contribution in [0.4, 0.5) is 0 Å². The first-order valence-electron chi connectivity index (χ1n) is 7.85. The standard InChI is InChI=1S/C22H16BrNO/c1-2-11-25-22-10-7-16(13-21(22)23)12-20(15-24)19-9-8-17-5-3-4-6-18(17)14-19/h2-10,12-14H,1,11H2/b20-12-. The molecule has 3 heteroatoms. The van der Waals surface area contributed by atoms with Gasteiger partial charge in [-0.2, -0.15) is 5.26 Å². The molecule has 122 valence electrons.